The number of rotatable bonds is 9. The molecule has 0 heterocycles. The molecule has 1 unspecified atom stereocenters. The van der Waals surface area contributed by atoms with E-state index in [9.17, 15) is 0 Å². The predicted octanol–water partition coefficient (Wildman–Crippen LogP) is 4.27. The minimum absolute atomic E-state index is 0.697. The van der Waals surface area contributed by atoms with Crippen molar-refractivity contribution in [2.75, 3.05) is 19.7 Å². The Morgan fingerprint density at radius 2 is 1.79 bits per heavy atom. The van der Waals surface area contributed by atoms with Gasteiger partial charge in [-0.1, -0.05) is 31.5 Å². The van der Waals surface area contributed by atoms with Crippen molar-refractivity contribution >= 4 is 0 Å². The first-order valence-electron chi connectivity index (χ1n) is 7.60. The molecule has 1 aromatic carbocycles. The summed E-state index contributed by atoms with van der Waals surface area (Å²) < 4.78 is 5.74. The monoisotopic (exact) mass is 263 g/mol. The average molecular weight is 263 g/mol. The topological polar surface area (TPSA) is 12.5 Å². The summed E-state index contributed by atoms with van der Waals surface area (Å²) in [5, 5.41) is 0. The number of hydrogen-bond donors (Lipinski definition) is 0. The molecule has 0 saturated heterocycles. The average Bonchev–Trinajstić information content (AvgIpc) is 2.44. The highest BCUT2D eigenvalue weighted by Gasteiger charge is 2.08. The third-order valence-electron chi connectivity index (χ3n) is 3.75. The minimum Gasteiger partial charge on any atom is -0.494 e. The lowest BCUT2D eigenvalue weighted by atomic mass is 10.2. The highest BCUT2D eigenvalue weighted by atomic mass is 16.5. The van der Waals surface area contributed by atoms with E-state index in [1.807, 2.05) is 12.1 Å². The van der Waals surface area contributed by atoms with E-state index >= 15 is 0 Å². The van der Waals surface area contributed by atoms with Crippen LogP contribution in [0, 0.1) is 6.92 Å². The van der Waals surface area contributed by atoms with Crippen LogP contribution in [0.4, 0.5) is 0 Å². The van der Waals surface area contributed by atoms with E-state index in [2.05, 4.69) is 44.7 Å². The largest absolute Gasteiger partial charge is 0.494 e. The molecular formula is C17H29NO. The summed E-state index contributed by atoms with van der Waals surface area (Å²) >= 11 is 0. The lowest BCUT2D eigenvalue weighted by Gasteiger charge is -2.26. The Kier molecular flexibility index (Phi) is 7.57. The first-order valence-corrected chi connectivity index (χ1v) is 7.60. The van der Waals surface area contributed by atoms with Crippen molar-refractivity contribution in [2.24, 2.45) is 0 Å². The molecule has 0 bridgehead atoms. The highest BCUT2D eigenvalue weighted by molar-refractivity contribution is 5.26. The number of unbranched alkanes of at least 4 members (excludes halogenated alkanes) is 1. The van der Waals surface area contributed by atoms with Crippen molar-refractivity contribution < 1.29 is 4.74 Å². The molecule has 0 aliphatic heterocycles. The summed E-state index contributed by atoms with van der Waals surface area (Å²) in [6.07, 6.45) is 3.57. The van der Waals surface area contributed by atoms with Crippen molar-refractivity contribution in [3.8, 4) is 5.75 Å². The van der Waals surface area contributed by atoms with Crippen molar-refractivity contribution in [2.45, 2.75) is 53.0 Å². The van der Waals surface area contributed by atoms with Gasteiger partial charge in [-0.2, -0.15) is 0 Å². The van der Waals surface area contributed by atoms with Gasteiger partial charge in [-0.25, -0.2) is 0 Å². The van der Waals surface area contributed by atoms with Crippen LogP contribution in [0.3, 0.4) is 0 Å². The Morgan fingerprint density at radius 1 is 1.11 bits per heavy atom. The molecular weight excluding hydrogens is 234 g/mol. The van der Waals surface area contributed by atoms with Gasteiger partial charge in [0, 0.05) is 6.04 Å². The van der Waals surface area contributed by atoms with Crippen LogP contribution in [0.2, 0.25) is 0 Å². The van der Waals surface area contributed by atoms with E-state index < -0.39 is 0 Å². The summed E-state index contributed by atoms with van der Waals surface area (Å²) in [5.74, 6) is 0.986. The van der Waals surface area contributed by atoms with Crippen molar-refractivity contribution in [1.29, 1.82) is 0 Å². The second-order valence-electron chi connectivity index (χ2n) is 5.25. The van der Waals surface area contributed by atoms with Gasteiger partial charge in [0.1, 0.15) is 5.75 Å². The van der Waals surface area contributed by atoms with E-state index in [0.29, 0.717) is 6.04 Å². The van der Waals surface area contributed by atoms with Crippen LogP contribution in [0.5, 0.6) is 5.75 Å². The summed E-state index contributed by atoms with van der Waals surface area (Å²) in [7, 11) is 0. The SMILES string of the molecule is CCC(C)N(CC)CCCCOc1ccc(C)cc1. The van der Waals surface area contributed by atoms with Gasteiger partial charge in [-0.3, -0.25) is 0 Å². The molecule has 0 radical (unpaired) electrons. The highest BCUT2D eigenvalue weighted by Crippen LogP contribution is 2.12. The second kappa shape index (κ2) is 8.98. The number of ether oxygens (including phenoxy) is 1. The minimum atomic E-state index is 0.697. The van der Waals surface area contributed by atoms with Crippen LogP contribution in [-0.2, 0) is 0 Å². The Bertz CT molecular complexity index is 334. The molecule has 0 spiro atoms. The number of benzene rings is 1. The molecule has 0 fully saturated rings. The lowest BCUT2D eigenvalue weighted by Crippen LogP contribution is -2.33. The molecule has 108 valence electrons. The molecule has 2 nitrogen and oxygen atoms in total. The number of aryl methyl sites for hydroxylation is 1. The molecule has 0 aliphatic carbocycles. The molecule has 0 amide bonds. The summed E-state index contributed by atoms with van der Waals surface area (Å²) in [4.78, 5) is 2.55. The lowest BCUT2D eigenvalue weighted by molar-refractivity contribution is 0.203. The Labute approximate surface area is 118 Å². The second-order valence-corrected chi connectivity index (χ2v) is 5.25. The van der Waals surface area contributed by atoms with Crippen LogP contribution in [0.25, 0.3) is 0 Å². The zero-order valence-electron chi connectivity index (χ0n) is 13.0. The Morgan fingerprint density at radius 3 is 2.37 bits per heavy atom. The first-order chi connectivity index (χ1) is 9.17. The van der Waals surface area contributed by atoms with Gasteiger partial charge < -0.3 is 9.64 Å². The molecule has 0 saturated carbocycles. The molecule has 19 heavy (non-hydrogen) atoms. The Balaban J connectivity index is 2.15. The smallest absolute Gasteiger partial charge is 0.119 e. The summed E-state index contributed by atoms with van der Waals surface area (Å²) in [5.41, 5.74) is 1.28. The first kappa shape index (κ1) is 16.0. The molecule has 1 aromatic rings. The van der Waals surface area contributed by atoms with Gasteiger partial charge in [-0.15, -0.1) is 0 Å². The van der Waals surface area contributed by atoms with Crippen LogP contribution in [-0.4, -0.2) is 30.6 Å². The number of hydrogen-bond acceptors (Lipinski definition) is 2. The molecule has 2 heteroatoms. The molecule has 1 atom stereocenters. The van der Waals surface area contributed by atoms with E-state index in [4.69, 9.17) is 4.74 Å². The molecule has 0 aliphatic rings. The van der Waals surface area contributed by atoms with Crippen molar-refractivity contribution in [1.82, 2.24) is 4.90 Å². The van der Waals surface area contributed by atoms with Gasteiger partial charge in [0.25, 0.3) is 0 Å². The van der Waals surface area contributed by atoms with Gasteiger partial charge in [0.05, 0.1) is 6.61 Å². The zero-order valence-corrected chi connectivity index (χ0v) is 13.0. The van der Waals surface area contributed by atoms with Gasteiger partial charge in [0.15, 0.2) is 0 Å². The van der Waals surface area contributed by atoms with E-state index in [-0.39, 0.29) is 0 Å². The van der Waals surface area contributed by atoms with Gasteiger partial charge in [0.2, 0.25) is 0 Å². The maximum Gasteiger partial charge on any atom is 0.119 e. The van der Waals surface area contributed by atoms with Crippen LogP contribution >= 0.6 is 0 Å². The maximum absolute atomic E-state index is 5.74. The summed E-state index contributed by atoms with van der Waals surface area (Å²) in [6, 6.07) is 8.98. The number of nitrogens with zero attached hydrogens (tertiary/aromatic N) is 1. The zero-order chi connectivity index (χ0) is 14.1. The van der Waals surface area contributed by atoms with Gasteiger partial charge >= 0.3 is 0 Å². The van der Waals surface area contributed by atoms with Crippen LogP contribution in [0.1, 0.15) is 45.6 Å². The standard InChI is InChI=1S/C17H29NO/c1-5-16(4)18(6-2)13-7-8-14-19-17-11-9-15(3)10-12-17/h9-12,16H,5-8,13-14H2,1-4H3. The normalized spacial score (nSPS) is 12.7. The van der Waals surface area contributed by atoms with Gasteiger partial charge in [-0.05, 0) is 58.3 Å². The fraction of sp³-hybridized carbons (Fsp3) is 0.647. The van der Waals surface area contributed by atoms with E-state index in [0.717, 1.165) is 25.3 Å². The third-order valence-corrected chi connectivity index (χ3v) is 3.75. The fourth-order valence-electron chi connectivity index (χ4n) is 2.19. The quantitative estimate of drug-likeness (QED) is 0.617. The summed E-state index contributed by atoms with van der Waals surface area (Å²) in [6.45, 7) is 12.1. The fourth-order valence-corrected chi connectivity index (χ4v) is 2.19. The maximum atomic E-state index is 5.74. The molecule has 0 N–H and O–H groups in total. The van der Waals surface area contributed by atoms with Crippen LogP contribution < -0.4 is 4.74 Å². The molecule has 0 aromatic heterocycles. The molecule has 1 rings (SSSR count). The van der Waals surface area contributed by atoms with Crippen molar-refractivity contribution in [3.05, 3.63) is 29.8 Å². The Hall–Kier alpha value is -1.02. The van der Waals surface area contributed by atoms with E-state index in [1.165, 1.54) is 24.9 Å². The third kappa shape index (κ3) is 6.11. The predicted molar refractivity (Wildman–Crippen MR) is 82.9 cm³/mol. The van der Waals surface area contributed by atoms with E-state index in [1.54, 1.807) is 0 Å². The van der Waals surface area contributed by atoms with Crippen LogP contribution in [0.15, 0.2) is 24.3 Å². The van der Waals surface area contributed by atoms with Crippen molar-refractivity contribution in [3.63, 3.8) is 0 Å².